The van der Waals surface area contributed by atoms with Gasteiger partial charge in [-0.15, -0.1) is 0 Å². The smallest absolute Gasteiger partial charge is 0.243 e. The third kappa shape index (κ3) is 3.31. The molecule has 0 spiro atoms. The van der Waals surface area contributed by atoms with Gasteiger partial charge in [0.25, 0.3) is 0 Å². The number of rotatable bonds is 5. The van der Waals surface area contributed by atoms with Crippen molar-refractivity contribution in [3.8, 4) is 0 Å². The fraction of sp³-hybridized carbons (Fsp3) is 0.538. The van der Waals surface area contributed by atoms with Crippen LogP contribution in [0.25, 0.3) is 0 Å². The molecule has 19 heavy (non-hydrogen) atoms. The third-order valence-corrected chi connectivity index (χ3v) is 6.43. The lowest BCUT2D eigenvalue weighted by Crippen LogP contribution is -2.37. The molecule has 0 amide bonds. The van der Waals surface area contributed by atoms with E-state index in [2.05, 4.69) is 5.32 Å². The second-order valence-corrected chi connectivity index (χ2v) is 7.86. The van der Waals surface area contributed by atoms with Crippen LogP contribution >= 0.6 is 11.8 Å². The van der Waals surface area contributed by atoms with Crippen molar-refractivity contribution in [1.29, 1.82) is 0 Å². The minimum absolute atomic E-state index is 0.128. The molecule has 1 N–H and O–H groups in total. The van der Waals surface area contributed by atoms with Crippen LogP contribution in [0.1, 0.15) is 12.0 Å². The fourth-order valence-electron chi connectivity index (χ4n) is 2.19. The summed E-state index contributed by atoms with van der Waals surface area (Å²) in [4.78, 5) is 0.389. The van der Waals surface area contributed by atoms with Gasteiger partial charge < -0.3 is 5.32 Å². The van der Waals surface area contributed by atoms with Gasteiger partial charge in [-0.3, -0.25) is 0 Å². The van der Waals surface area contributed by atoms with Crippen molar-refractivity contribution < 1.29 is 8.42 Å². The highest BCUT2D eigenvalue weighted by Gasteiger charge is 2.30. The Hall–Kier alpha value is -0.560. The molecule has 1 heterocycles. The molecule has 1 unspecified atom stereocenters. The Labute approximate surface area is 119 Å². The van der Waals surface area contributed by atoms with E-state index in [1.165, 1.54) is 4.31 Å². The highest BCUT2D eigenvalue weighted by molar-refractivity contribution is 7.99. The highest BCUT2D eigenvalue weighted by Crippen LogP contribution is 2.26. The molecule has 0 bridgehead atoms. The molecule has 1 aromatic carbocycles. The molecule has 1 aliphatic rings. The predicted molar refractivity (Wildman–Crippen MR) is 79.9 cm³/mol. The van der Waals surface area contributed by atoms with E-state index in [1.54, 1.807) is 25.2 Å². The third-order valence-electron chi connectivity index (χ3n) is 3.38. The fourth-order valence-corrected chi connectivity index (χ4v) is 5.01. The molecule has 1 atom stereocenters. The number of benzene rings is 1. The summed E-state index contributed by atoms with van der Waals surface area (Å²) in [7, 11) is 0.170. The van der Waals surface area contributed by atoms with Crippen molar-refractivity contribution >= 4 is 21.8 Å². The van der Waals surface area contributed by atoms with E-state index in [0.717, 1.165) is 23.5 Å². The summed E-state index contributed by atoms with van der Waals surface area (Å²) in [5.74, 6) is 1.94. The van der Waals surface area contributed by atoms with E-state index >= 15 is 0 Å². The second kappa shape index (κ2) is 6.26. The Balaban J connectivity index is 2.25. The van der Waals surface area contributed by atoms with Crippen LogP contribution in [0, 0.1) is 0 Å². The Morgan fingerprint density at radius 3 is 2.89 bits per heavy atom. The molecule has 1 aromatic rings. The summed E-state index contributed by atoms with van der Waals surface area (Å²) in [5, 5.41) is 3.04. The van der Waals surface area contributed by atoms with E-state index < -0.39 is 10.0 Å². The van der Waals surface area contributed by atoms with Gasteiger partial charge in [0.05, 0.1) is 4.90 Å². The van der Waals surface area contributed by atoms with Crippen molar-refractivity contribution in [2.24, 2.45) is 0 Å². The normalized spacial score (nSPS) is 20.1. The second-order valence-electron chi connectivity index (χ2n) is 4.72. The molecular formula is C13H20N2O2S2. The number of nitrogens with one attached hydrogen (secondary N) is 1. The molecule has 6 heteroatoms. The molecule has 106 valence electrons. The van der Waals surface area contributed by atoms with Crippen molar-refractivity contribution in [3.05, 3.63) is 29.8 Å². The molecule has 1 fully saturated rings. The first-order chi connectivity index (χ1) is 9.05. The average molecular weight is 300 g/mol. The van der Waals surface area contributed by atoms with Gasteiger partial charge in [0.15, 0.2) is 0 Å². The van der Waals surface area contributed by atoms with Crippen LogP contribution < -0.4 is 5.32 Å². The maximum absolute atomic E-state index is 12.6. The van der Waals surface area contributed by atoms with Crippen molar-refractivity contribution in [2.45, 2.75) is 23.9 Å². The van der Waals surface area contributed by atoms with Crippen LogP contribution in [0.5, 0.6) is 0 Å². The van der Waals surface area contributed by atoms with E-state index in [0.29, 0.717) is 11.4 Å². The molecule has 0 saturated carbocycles. The zero-order chi connectivity index (χ0) is 13.9. The van der Waals surface area contributed by atoms with Crippen molar-refractivity contribution in [1.82, 2.24) is 9.62 Å². The van der Waals surface area contributed by atoms with E-state index in [-0.39, 0.29) is 6.04 Å². The van der Waals surface area contributed by atoms with Crippen LogP contribution in [0.4, 0.5) is 0 Å². The summed E-state index contributed by atoms with van der Waals surface area (Å²) < 4.78 is 26.7. The number of hydrogen-bond acceptors (Lipinski definition) is 4. The van der Waals surface area contributed by atoms with Gasteiger partial charge >= 0.3 is 0 Å². The Morgan fingerprint density at radius 1 is 1.47 bits per heavy atom. The molecule has 0 aromatic heterocycles. The maximum Gasteiger partial charge on any atom is 0.243 e. The molecular weight excluding hydrogens is 280 g/mol. The van der Waals surface area contributed by atoms with Gasteiger partial charge in [0.2, 0.25) is 10.0 Å². The summed E-state index contributed by atoms with van der Waals surface area (Å²) in [6, 6.07) is 7.29. The lowest BCUT2D eigenvalue weighted by atomic mass is 10.2. The largest absolute Gasteiger partial charge is 0.316 e. The van der Waals surface area contributed by atoms with E-state index in [4.69, 9.17) is 0 Å². The minimum Gasteiger partial charge on any atom is -0.316 e. The monoisotopic (exact) mass is 300 g/mol. The van der Waals surface area contributed by atoms with Gasteiger partial charge in [-0.2, -0.15) is 16.1 Å². The predicted octanol–water partition coefficient (Wildman–Crippen LogP) is 1.53. The van der Waals surface area contributed by atoms with Gasteiger partial charge in [0, 0.05) is 25.4 Å². The zero-order valence-electron chi connectivity index (χ0n) is 11.3. The quantitative estimate of drug-likeness (QED) is 0.896. The standard InChI is InChI=1S/C13H20N2O2S2/c1-14-9-11-4-3-5-13(8-11)19(16,17)15(2)12-6-7-18-10-12/h3-5,8,12,14H,6-7,9-10H2,1-2H3. The summed E-state index contributed by atoms with van der Waals surface area (Å²) >= 11 is 1.82. The molecule has 2 rings (SSSR count). The first-order valence-electron chi connectivity index (χ1n) is 6.35. The Morgan fingerprint density at radius 2 is 2.26 bits per heavy atom. The molecule has 1 aliphatic heterocycles. The van der Waals surface area contributed by atoms with Gasteiger partial charge in [0.1, 0.15) is 0 Å². The average Bonchev–Trinajstić information content (AvgIpc) is 2.92. The Bertz CT molecular complexity index is 525. The number of hydrogen-bond donors (Lipinski definition) is 1. The van der Waals surface area contributed by atoms with Crippen LogP contribution in [-0.2, 0) is 16.6 Å². The topological polar surface area (TPSA) is 49.4 Å². The molecule has 4 nitrogen and oxygen atoms in total. The maximum atomic E-state index is 12.6. The van der Waals surface area contributed by atoms with Crippen molar-refractivity contribution in [3.63, 3.8) is 0 Å². The Kier molecular flexibility index (Phi) is 4.89. The number of sulfonamides is 1. The first kappa shape index (κ1) is 14.8. The zero-order valence-corrected chi connectivity index (χ0v) is 12.9. The van der Waals surface area contributed by atoms with Gasteiger partial charge in [-0.05, 0) is 36.9 Å². The number of nitrogens with zero attached hydrogens (tertiary/aromatic N) is 1. The van der Waals surface area contributed by atoms with Gasteiger partial charge in [-0.1, -0.05) is 12.1 Å². The summed E-state index contributed by atoms with van der Waals surface area (Å²) in [6.45, 7) is 0.673. The van der Waals surface area contributed by atoms with Gasteiger partial charge in [-0.25, -0.2) is 8.42 Å². The summed E-state index contributed by atoms with van der Waals surface area (Å²) in [5.41, 5.74) is 0.984. The minimum atomic E-state index is -3.37. The van der Waals surface area contributed by atoms with E-state index in [9.17, 15) is 8.42 Å². The first-order valence-corrected chi connectivity index (χ1v) is 8.94. The van der Waals surface area contributed by atoms with Crippen LogP contribution in [-0.4, -0.2) is 44.4 Å². The molecule has 0 radical (unpaired) electrons. The summed E-state index contributed by atoms with van der Waals surface area (Å²) in [6.07, 6.45) is 0.941. The molecule has 0 aliphatic carbocycles. The van der Waals surface area contributed by atoms with Crippen LogP contribution in [0.15, 0.2) is 29.2 Å². The van der Waals surface area contributed by atoms with E-state index in [1.807, 2.05) is 24.9 Å². The van der Waals surface area contributed by atoms with Crippen LogP contribution in [0.3, 0.4) is 0 Å². The molecule has 1 saturated heterocycles. The lowest BCUT2D eigenvalue weighted by molar-refractivity contribution is 0.394. The van der Waals surface area contributed by atoms with Crippen LogP contribution in [0.2, 0.25) is 0 Å². The lowest BCUT2D eigenvalue weighted by Gasteiger charge is -2.23. The highest BCUT2D eigenvalue weighted by atomic mass is 32.2. The van der Waals surface area contributed by atoms with Crippen molar-refractivity contribution in [2.75, 3.05) is 25.6 Å². The SMILES string of the molecule is CNCc1cccc(S(=O)(=O)N(C)C2CCSC2)c1. The number of thioether (sulfide) groups is 1.